The number of nitrogens with zero attached hydrogens (tertiary/aromatic N) is 2. The van der Waals surface area contributed by atoms with Gasteiger partial charge in [0.25, 0.3) is 0 Å². The van der Waals surface area contributed by atoms with Crippen molar-refractivity contribution in [2.45, 2.75) is 92.3 Å². The van der Waals surface area contributed by atoms with E-state index >= 15 is 0 Å². The fraction of sp³-hybridized carbons (Fsp3) is 0.545. The van der Waals surface area contributed by atoms with Crippen molar-refractivity contribution in [2.75, 3.05) is 13.6 Å². The summed E-state index contributed by atoms with van der Waals surface area (Å²) in [5.74, 6) is -0.175. The number of likely N-dealkylation sites (N-methyl/N-ethyl adjacent to an activating group) is 1. The van der Waals surface area contributed by atoms with Gasteiger partial charge in [0.15, 0.2) is 0 Å². The van der Waals surface area contributed by atoms with Crippen LogP contribution in [0.3, 0.4) is 0 Å². The van der Waals surface area contributed by atoms with Crippen LogP contribution in [0.15, 0.2) is 48.8 Å². The summed E-state index contributed by atoms with van der Waals surface area (Å²) >= 11 is 0. The van der Waals surface area contributed by atoms with E-state index in [-0.39, 0.29) is 48.9 Å². The molecule has 0 aliphatic carbocycles. The Morgan fingerprint density at radius 1 is 1.22 bits per heavy atom. The van der Waals surface area contributed by atoms with Crippen LogP contribution in [0, 0.1) is 24.6 Å². The molecule has 7 nitrogen and oxygen atoms in total. The van der Waals surface area contributed by atoms with Crippen LogP contribution in [-0.4, -0.2) is 57.9 Å². The molecular weight excluding hydrogens is 517 g/mol. The smallest absolute Gasteiger partial charge is 0.245 e. The Morgan fingerprint density at radius 2 is 1.93 bits per heavy atom. The van der Waals surface area contributed by atoms with Crippen LogP contribution in [0.4, 0.5) is 4.39 Å². The average Bonchev–Trinajstić information content (AvgIpc) is 3.47. The lowest BCUT2D eigenvalue weighted by atomic mass is 9.71. The summed E-state index contributed by atoms with van der Waals surface area (Å²) in [6, 6.07) is 9.72. The van der Waals surface area contributed by atoms with Crippen LogP contribution in [0.25, 0.3) is 10.9 Å². The van der Waals surface area contributed by atoms with Crippen LogP contribution in [0.1, 0.15) is 79.0 Å². The van der Waals surface area contributed by atoms with E-state index in [4.69, 9.17) is 0 Å². The fourth-order valence-corrected chi connectivity index (χ4v) is 5.90. The highest BCUT2D eigenvalue weighted by Crippen LogP contribution is 2.48. The molecule has 2 amide bonds. The Kier molecular flexibility index (Phi) is 12.1. The lowest BCUT2D eigenvalue weighted by Gasteiger charge is -2.46. The number of hydrogen-bond acceptors (Lipinski definition) is 4. The molecule has 0 saturated carbocycles. The van der Waals surface area contributed by atoms with Gasteiger partial charge in [-0.05, 0) is 88.4 Å². The van der Waals surface area contributed by atoms with Gasteiger partial charge in [-0.3, -0.25) is 14.6 Å². The van der Waals surface area contributed by atoms with E-state index in [9.17, 15) is 14.0 Å². The molecular formula is C33H50FN5O2. The minimum Gasteiger partial charge on any atom is -0.361 e. The van der Waals surface area contributed by atoms with E-state index in [1.807, 2.05) is 56.1 Å². The molecule has 0 radical (unpaired) electrons. The average molecular weight is 568 g/mol. The topological polar surface area (TPSA) is 90.1 Å². The summed E-state index contributed by atoms with van der Waals surface area (Å²) in [6.45, 7) is 14.9. The van der Waals surface area contributed by atoms with Crippen LogP contribution in [0.2, 0.25) is 0 Å². The molecule has 0 bridgehead atoms. The van der Waals surface area contributed by atoms with Gasteiger partial charge in [0.05, 0.1) is 6.04 Å². The highest BCUT2D eigenvalue weighted by Gasteiger charge is 2.52. The summed E-state index contributed by atoms with van der Waals surface area (Å²) in [5, 5.41) is 6.92. The highest BCUT2D eigenvalue weighted by molar-refractivity contribution is 5.90. The number of hydrogen-bond donors (Lipinski definition) is 3. The maximum atomic E-state index is 13.9. The molecule has 1 saturated heterocycles. The number of likely N-dealkylation sites (tertiary alicyclic amines) is 1. The largest absolute Gasteiger partial charge is 0.361 e. The molecule has 3 aromatic rings. The Hall–Kier alpha value is -3.26. The monoisotopic (exact) mass is 567 g/mol. The number of amides is 2. The number of halogens is 1. The van der Waals surface area contributed by atoms with E-state index in [0.29, 0.717) is 6.54 Å². The molecule has 1 fully saturated rings. The van der Waals surface area contributed by atoms with Gasteiger partial charge in [-0.2, -0.15) is 0 Å². The van der Waals surface area contributed by atoms with Crippen LogP contribution < -0.4 is 10.6 Å². The van der Waals surface area contributed by atoms with Crippen molar-refractivity contribution in [1.82, 2.24) is 25.5 Å². The third kappa shape index (κ3) is 7.34. The van der Waals surface area contributed by atoms with Gasteiger partial charge in [-0.15, -0.1) is 0 Å². The minimum absolute atomic E-state index is 0. The van der Waals surface area contributed by atoms with Crippen LogP contribution in [-0.2, 0) is 9.59 Å². The first-order valence-electron chi connectivity index (χ1n) is 14.4. The predicted molar refractivity (Wildman–Crippen MR) is 166 cm³/mol. The van der Waals surface area contributed by atoms with Gasteiger partial charge >= 0.3 is 0 Å². The summed E-state index contributed by atoms with van der Waals surface area (Å²) in [4.78, 5) is 35.7. The van der Waals surface area contributed by atoms with Crippen molar-refractivity contribution in [2.24, 2.45) is 11.8 Å². The van der Waals surface area contributed by atoms with Crippen molar-refractivity contribution in [3.8, 4) is 0 Å². The number of aromatic nitrogens is 2. The van der Waals surface area contributed by atoms with Gasteiger partial charge in [0.1, 0.15) is 11.9 Å². The van der Waals surface area contributed by atoms with E-state index in [1.165, 1.54) is 12.1 Å². The van der Waals surface area contributed by atoms with Gasteiger partial charge in [-0.1, -0.05) is 41.2 Å². The number of pyridine rings is 1. The number of carbonyl (C=O) groups is 2. The molecule has 226 valence electrons. The molecule has 4 rings (SSSR count). The summed E-state index contributed by atoms with van der Waals surface area (Å²) in [5.41, 5.74) is 2.52. The van der Waals surface area contributed by atoms with Crippen molar-refractivity contribution in [1.29, 1.82) is 0 Å². The Balaban J connectivity index is 0.000000641. The van der Waals surface area contributed by atoms with E-state index in [0.717, 1.165) is 35.0 Å². The standard InChI is InChI=1S/C26H39FN4O2.C6H7N.CH4/c1-8-21(20-14-29-22-13-18(27)9-10-19(20)22)26(6)16(4)11-12-31(26)25(33)23(15(2)3)30-24(32)17(5)28-7;1-6-4-2-3-5-7-6;/h9-10,13-17,21,23,28-29H,8,11-12H2,1-7H3,(H,30,32);2-5H,1H3;1H4/t16?,17-,21+,23?,26-;;/m0../s1. The molecule has 2 aromatic heterocycles. The van der Waals surface area contributed by atoms with Crippen LogP contribution >= 0.6 is 0 Å². The number of rotatable bonds is 8. The Labute approximate surface area is 245 Å². The first kappa shape index (κ1) is 33.9. The van der Waals surface area contributed by atoms with Crippen LogP contribution in [0.5, 0.6) is 0 Å². The zero-order valence-corrected chi connectivity index (χ0v) is 25.2. The van der Waals surface area contributed by atoms with Crippen molar-refractivity contribution in [3.05, 3.63) is 65.9 Å². The van der Waals surface area contributed by atoms with Crippen molar-refractivity contribution >= 4 is 22.7 Å². The lowest BCUT2D eigenvalue weighted by Crippen LogP contribution is -2.60. The van der Waals surface area contributed by atoms with Gasteiger partial charge in [-0.25, -0.2) is 4.39 Å². The molecule has 0 spiro atoms. The predicted octanol–water partition coefficient (Wildman–Crippen LogP) is 6.20. The van der Waals surface area contributed by atoms with Gasteiger partial charge in [0.2, 0.25) is 11.8 Å². The highest BCUT2D eigenvalue weighted by atomic mass is 19.1. The summed E-state index contributed by atoms with van der Waals surface area (Å²) in [7, 11) is 1.73. The van der Waals surface area contributed by atoms with Gasteiger partial charge in [0, 0.05) is 47.0 Å². The quantitative estimate of drug-likeness (QED) is 0.302. The molecule has 1 aliphatic heterocycles. The van der Waals surface area contributed by atoms with Gasteiger partial charge < -0.3 is 20.5 Å². The third-order valence-electron chi connectivity index (χ3n) is 8.67. The number of aryl methyl sites for hydroxylation is 1. The zero-order chi connectivity index (χ0) is 29.6. The first-order chi connectivity index (χ1) is 18.9. The van der Waals surface area contributed by atoms with E-state index in [2.05, 4.69) is 41.4 Å². The number of carbonyl (C=O) groups excluding carboxylic acids is 2. The fourth-order valence-electron chi connectivity index (χ4n) is 5.90. The number of nitrogens with one attached hydrogen (secondary N) is 3. The SMILES string of the molecule is C.CC[C@H](c1c[nH]c2cc(F)ccc12)[C@]1(C)C(C)CCN1C(=O)C(NC(=O)[C@H](C)NC)C(C)C.Cc1ccccn1. The normalized spacial score (nSPS) is 20.5. The molecule has 5 atom stereocenters. The molecule has 2 unspecified atom stereocenters. The summed E-state index contributed by atoms with van der Waals surface area (Å²) in [6.07, 6.45) is 5.49. The Morgan fingerprint density at radius 3 is 2.46 bits per heavy atom. The Bertz CT molecular complexity index is 1280. The lowest BCUT2D eigenvalue weighted by molar-refractivity contribution is -0.142. The molecule has 3 heterocycles. The van der Waals surface area contributed by atoms with Crippen molar-refractivity contribution < 1.29 is 14.0 Å². The maximum absolute atomic E-state index is 13.9. The molecule has 1 aliphatic rings. The molecule has 8 heteroatoms. The molecule has 41 heavy (non-hydrogen) atoms. The second-order valence-electron chi connectivity index (χ2n) is 11.5. The zero-order valence-electron chi connectivity index (χ0n) is 25.2. The number of H-pyrrole nitrogens is 1. The second kappa shape index (κ2) is 14.6. The first-order valence-corrected chi connectivity index (χ1v) is 14.4. The number of fused-ring (bicyclic) bond motifs is 1. The number of aromatic amines is 1. The number of benzene rings is 1. The molecule has 3 N–H and O–H groups in total. The molecule has 1 aromatic carbocycles. The van der Waals surface area contributed by atoms with Crippen molar-refractivity contribution in [3.63, 3.8) is 0 Å². The summed E-state index contributed by atoms with van der Waals surface area (Å²) < 4.78 is 13.8. The third-order valence-corrected chi connectivity index (χ3v) is 8.67. The van der Waals surface area contributed by atoms with E-state index < -0.39 is 11.6 Å². The minimum atomic E-state index is -0.590. The second-order valence-corrected chi connectivity index (χ2v) is 11.5. The maximum Gasteiger partial charge on any atom is 0.245 e. The van der Waals surface area contributed by atoms with E-state index in [1.54, 1.807) is 20.2 Å².